The molecule has 1 atom stereocenters. The summed E-state index contributed by atoms with van der Waals surface area (Å²) in [5.74, 6) is 0.0947. The lowest BCUT2D eigenvalue weighted by atomic mass is 10.1. The van der Waals surface area contributed by atoms with Gasteiger partial charge in [-0.3, -0.25) is 9.52 Å². The van der Waals surface area contributed by atoms with Gasteiger partial charge in [-0.2, -0.15) is 0 Å². The Morgan fingerprint density at radius 3 is 2.33 bits per heavy atom. The number of primary amides is 1. The van der Waals surface area contributed by atoms with Crippen molar-refractivity contribution in [2.24, 2.45) is 5.73 Å². The van der Waals surface area contributed by atoms with Crippen LogP contribution in [-0.2, 0) is 14.8 Å². The molecule has 3 rings (SSSR count). The van der Waals surface area contributed by atoms with E-state index in [0.29, 0.717) is 17.1 Å². The van der Waals surface area contributed by atoms with Crippen LogP contribution >= 0.6 is 0 Å². The van der Waals surface area contributed by atoms with E-state index in [1.54, 1.807) is 30.3 Å². The molecular formula is C22H29N5O5S. The number of nitrogens with two attached hydrogens (primary N) is 1. The number of hydrogen-bond donors (Lipinski definition) is 4. The summed E-state index contributed by atoms with van der Waals surface area (Å²) >= 11 is 0. The lowest BCUT2D eigenvalue weighted by molar-refractivity contribution is -0.117. The number of nitrogens with zero attached hydrogens (tertiary/aromatic N) is 1. The Hall–Kier alpha value is -3.47. The number of sulfonamides is 1. The van der Waals surface area contributed by atoms with Gasteiger partial charge in [0.15, 0.2) is 0 Å². The van der Waals surface area contributed by atoms with Gasteiger partial charge in [-0.25, -0.2) is 13.2 Å². The molecule has 1 aliphatic heterocycles. The summed E-state index contributed by atoms with van der Waals surface area (Å²) in [5, 5.41) is 5.07. The Balaban J connectivity index is 1.90. The van der Waals surface area contributed by atoms with Gasteiger partial charge in [-0.1, -0.05) is 0 Å². The number of methoxy groups -OCH3 is 1. The molecule has 1 aliphatic rings. The molecule has 1 heterocycles. The summed E-state index contributed by atoms with van der Waals surface area (Å²) < 4.78 is 33.7. The molecule has 33 heavy (non-hydrogen) atoms. The lowest BCUT2D eigenvalue weighted by Gasteiger charge is -2.31. The van der Waals surface area contributed by atoms with Gasteiger partial charge in [0.2, 0.25) is 5.91 Å². The van der Waals surface area contributed by atoms with Crippen LogP contribution in [0.1, 0.15) is 26.2 Å². The topological polar surface area (TPSA) is 143 Å². The van der Waals surface area contributed by atoms with Crippen LogP contribution in [0.3, 0.4) is 0 Å². The zero-order valence-corrected chi connectivity index (χ0v) is 19.4. The third-order valence-electron chi connectivity index (χ3n) is 5.33. The number of rotatable bonds is 8. The van der Waals surface area contributed by atoms with Crippen LogP contribution in [0, 0.1) is 0 Å². The van der Waals surface area contributed by atoms with Gasteiger partial charge in [-0.15, -0.1) is 0 Å². The fourth-order valence-corrected chi connectivity index (χ4v) is 4.67. The molecule has 0 aliphatic carbocycles. The maximum atomic E-state index is 13.0. The van der Waals surface area contributed by atoms with Crippen molar-refractivity contribution in [3.63, 3.8) is 0 Å². The lowest BCUT2D eigenvalue weighted by Crippen LogP contribution is -2.44. The van der Waals surface area contributed by atoms with E-state index in [2.05, 4.69) is 20.3 Å². The minimum absolute atomic E-state index is 0.00936. The normalized spacial score (nSPS) is 14.8. The molecule has 5 N–H and O–H groups in total. The molecule has 0 unspecified atom stereocenters. The van der Waals surface area contributed by atoms with Gasteiger partial charge in [0, 0.05) is 18.8 Å². The fourth-order valence-electron chi connectivity index (χ4n) is 3.59. The van der Waals surface area contributed by atoms with Crippen LogP contribution in [0.15, 0.2) is 47.4 Å². The summed E-state index contributed by atoms with van der Waals surface area (Å²) in [7, 11) is -2.40. The van der Waals surface area contributed by atoms with Crippen molar-refractivity contribution in [2.45, 2.75) is 37.1 Å². The van der Waals surface area contributed by atoms with Crippen molar-refractivity contribution < 1.29 is 22.7 Å². The third-order valence-corrected chi connectivity index (χ3v) is 6.71. The Morgan fingerprint density at radius 2 is 1.73 bits per heavy atom. The molecule has 0 aromatic heterocycles. The highest BCUT2D eigenvalue weighted by molar-refractivity contribution is 7.92. The van der Waals surface area contributed by atoms with E-state index in [1.807, 2.05) is 0 Å². The van der Waals surface area contributed by atoms with Crippen LogP contribution in [0.2, 0.25) is 0 Å². The average molecular weight is 476 g/mol. The Morgan fingerprint density at radius 1 is 1.06 bits per heavy atom. The standard InChI is InChI=1S/C22H29N5O5S/c1-15(24-22(23)29)21(28)25-19-14-18(10-11-20(19)27-12-4-3-5-13-27)33(30,31)26-16-6-8-17(32-2)9-7-16/h6-11,14-15,26H,3-5,12-13H2,1-2H3,(H,25,28)(H3,23,24,29)/t15-/m1/s1. The number of benzene rings is 2. The number of carbonyl (C=O) groups is 2. The van der Waals surface area contributed by atoms with E-state index < -0.39 is 28.0 Å². The predicted octanol–water partition coefficient (Wildman–Crippen LogP) is 2.48. The van der Waals surface area contributed by atoms with Crippen LogP contribution in [0.25, 0.3) is 0 Å². The molecule has 1 fully saturated rings. The van der Waals surface area contributed by atoms with Gasteiger partial charge in [0.1, 0.15) is 11.8 Å². The molecule has 2 aromatic rings. The second-order valence-electron chi connectivity index (χ2n) is 7.78. The third kappa shape index (κ3) is 6.28. The highest BCUT2D eigenvalue weighted by Gasteiger charge is 2.23. The highest BCUT2D eigenvalue weighted by atomic mass is 32.2. The molecule has 0 bridgehead atoms. The first kappa shape index (κ1) is 24.2. The summed E-state index contributed by atoms with van der Waals surface area (Å²) in [6, 6.07) is 9.39. The van der Waals surface area contributed by atoms with Crippen molar-refractivity contribution in [3.05, 3.63) is 42.5 Å². The van der Waals surface area contributed by atoms with Crippen LogP contribution < -0.4 is 30.7 Å². The molecule has 10 nitrogen and oxygen atoms in total. The van der Waals surface area contributed by atoms with E-state index in [1.165, 1.54) is 26.2 Å². The first-order chi connectivity index (χ1) is 15.7. The zero-order chi connectivity index (χ0) is 24.0. The van der Waals surface area contributed by atoms with E-state index in [9.17, 15) is 18.0 Å². The maximum absolute atomic E-state index is 13.0. The SMILES string of the molecule is COc1ccc(NS(=O)(=O)c2ccc(N3CCCCC3)c(NC(=O)[C@@H](C)NC(N)=O)c2)cc1. The van der Waals surface area contributed by atoms with Gasteiger partial charge < -0.3 is 26.0 Å². The van der Waals surface area contributed by atoms with Gasteiger partial charge in [0.25, 0.3) is 10.0 Å². The summed E-state index contributed by atoms with van der Waals surface area (Å²) in [4.78, 5) is 25.8. The average Bonchev–Trinajstić information content (AvgIpc) is 2.79. The summed E-state index contributed by atoms with van der Waals surface area (Å²) in [6.45, 7) is 3.09. The van der Waals surface area contributed by atoms with Crippen molar-refractivity contribution in [3.8, 4) is 5.75 Å². The first-order valence-corrected chi connectivity index (χ1v) is 12.1. The van der Waals surface area contributed by atoms with Crippen LogP contribution in [0.4, 0.5) is 21.9 Å². The van der Waals surface area contributed by atoms with Crippen molar-refractivity contribution in [2.75, 3.05) is 35.1 Å². The quantitative estimate of drug-likeness (QED) is 0.462. The van der Waals surface area contributed by atoms with Gasteiger partial charge in [-0.05, 0) is 68.7 Å². The van der Waals surface area contributed by atoms with E-state index in [-0.39, 0.29) is 4.90 Å². The highest BCUT2D eigenvalue weighted by Crippen LogP contribution is 2.32. The van der Waals surface area contributed by atoms with E-state index in [0.717, 1.165) is 38.0 Å². The Kier molecular flexibility index (Phi) is 7.64. The summed E-state index contributed by atoms with van der Waals surface area (Å²) in [5.41, 5.74) is 6.55. The number of piperidine rings is 1. The maximum Gasteiger partial charge on any atom is 0.312 e. The molecule has 1 saturated heterocycles. The van der Waals surface area contributed by atoms with Crippen molar-refractivity contribution in [1.82, 2.24) is 5.32 Å². The van der Waals surface area contributed by atoms with Gasteiger partial charge >= 0.3 is 6.03 Å². The van der Waals surface area contributed by atoms with Crippen LogP contribution in [0.5, 0.6) is 5.75 Å². The zero-order valence-electron chi connectivity index (χ0n) is 18.6. The minimum Gasteiger partial charge on any atom is -0.497 e. The molecule has 11 heteroatoms. The second-order valence-corrected chi connectivity index (χ2v) is 9.46. The van der Waals surface area contributed by atoms with Crippen molar-refractivity contribution in [1.29, 1.82) is 0 Å². The largest absolute Gasteiger partial charge is 0.497 e. The van der Waals surface area contributed by atoms with E-state index >= 15 is 0 Å². The Labute approximate surface area is 193 Å². The van der Waals surface area contributed by atoms with E-state index in [4.69, 9.17) is 10.5 Å². The number of nitrogens with one attached hydrogen (secondary N) is 3. The van der Waals surface area contributed by atoms with Crippen LogP contribution in [-0.4, -0.2) is 46.6 Å². The number of hydrogen-bond acceptors (Lipinski definition) is 6. The minimum atomic E-state index is -3.93. The van der Waals surface area contributed by atoms with Crippen molar-refractivity contribution >= 4 is 39.0 Å². The monoisotopic (exact) mass is 475 g/mol. The number of ether oxygens (including phenoxy) is 1. The number of amides is 3. The Bertz CT molecular complexity index is 1100. The predicted molar refractivity (Wildman–Crippen MR) is 127 cm³/mol. The molecule has 0 radical (unpaired) electrons. The molecule has 3 amide bonds. The molecule has 0 saturated carbocycles. The number of anilines is 3. The fraction of sp³-hybridized carbons (Fsp3) is 0.364. The molecule has 178 valence electrons. The first-order valence-electron chi connectivity index (χ1n) is 10.6. The second kappa shape index (κ2) is 10.4. The summed E-state index contributed by atoms with van der Waals surface area (Å²) in [6.07, 6.45) is 3.13. The molecule has 2 aromatic carbocycles. The molecular weight excluding hydrogens is 446 g/mol. The smallest absolute Gasteiger partial charge is 0.312 e. The number of urea groups is 1. The number of carbonyl (C=O) groups excluding carboxylic acids is 2. The van der Waals surface area contributed by atoms with Gasteiger partial charge in [0.05, 0.1) is 23.4 Å². The molecule has 0 spiro atoms.